The number of rotatable bonds is 6. The van der Waals surface area contributed by atoms with Crippen molar-refractivity contribution in [3.63, 3.8) is 0 Å². The van der Waals surface area contributed by atoms with E-state index in [1.54, 1.807) is 27.7 Å². The monoisotopic (exact) mass is 387 g/mol. The Labute approximate surface area is 141 Å². The van der Waals surface area contributed by atoms with E-state index in [-0.39, 0.29) is 30.0 Å². The Morgan fingerprint density at radius 3 is 2.09 bits per heavy atom. The number of carbonyl (C=O) groups is 3. The van der Waals surface area contributed by atoms with Gasteiger partial charge in [-0.05, 0) is 33.8 Å². The number of Topliss-reactive ketones (excluding diaryl/α,β-unsaturated/α-hetero) is 1. The molecule has 1 heterocycles. The predicted octanol–water partition coefficient (Wildman–Crippen LogP) is 2.08. The van der Waals surface area contributed by atoms with Crippen molar-refractivity contribution in [1.82, 2.24) is 4.98 Å². The Morgan fingerprint density at radius 1 is 1.09 bits per heavy atom. The molecule has 126 valence electrons. The summed E-state index contributed by atoms with van der Waals surface area (Å²) in [5.74, 6) is -2.22. The maximum absolute atomic E-state index is 12.3. The zero-order chi connectivity index (χ0) is 17.8. The third kappa shape index (κ3) is 4.51. The summed E-state index contributed by atoms with van der Waals surface area (Å²) in [6, 6.07) is 1.06. The number of hydrogen-bond donors (Lipinski definition) is 1. The molecule has 0 fully saturated rings. The molecule has 0 aliphatic rings. The van der Waals surface area contributed by atoms with Crippen LogP contribution in [-0.4, -0.2) is 40.2 Å². The summed E-state index contributed by atoms with van der Waals surface area (Å²) >= 11 is 3.17. The number of ether oxygens (including phenoxy) is 2. The average molecular weight is 388 g/mol. The Balaban J connectivity index is 3.54. The highest BCUT2D eigenvalue weighted by molar-refractivity contribution is 9.10. The smallest absolute Gasteiger partial charge is 0.355 e. The third-order valence-corrected chi connectivity index (χ3v) is 3.16. The zero-order valence-corrected chi connectivity index (χ0v) is 14.9. The highest BCUT2D eigenvalue weighted by Crippen LogP contribution is 2.21. The van der Waals surface area contributed by atoms with E-state index in [1.807, 2.05) is 0 Å². The summed E-state index contributed by atoms with van der Waals surface area (Å²) in [4.78, 5) is 50.6. The SMILES string of the molecule is CCOC(=O)c1cc(C(=O)C(C)(C)Br)c(=O)[nH]c1C(=O)OCC. The van der Waals surface area contributed by atoms with Crippen molar-refractivity contribution in [3.05, 3.63) is 33.2 Å². The minimum atomic E-state index is -1.00. The molecule has 0 spiro atoms. The number of pyridine rings is 1. The van der Waals surface area contributed by atoms with Gasteiger partial charge in [0.2, 0.25) is 0 Å². The lowest BCUT2D eigenvalue weighted by atomic mass is 10.00. The van der Waals surface area contributed by atoms with Crippen molar-refractivity contribution in [2.75, 3.05) is 13.2 Å². The van der Waals surface area contributed by atoms with E-state index in [0.29, 0.717) is 0 Å². The van der Waals surface area contributed by atoms with Gasteiger partial charge in [-0.3, -0.25) is 9.59 Å². The molecule has 8 heteroatoms. The minimum absolute atomic E-state index is 0.0677. The van der Waals surface area contributed by atoms with Gasteiger partial charge in [-0.2, -0.15) is 0 Å². The molecule has 0 saturated heterocycles. The maximum atomic E-state index is 12.3. The summed E-state index contributed by atoms with van der Waals surface area (Å²) in [7, 11) is 0. The standard InChI is InChI=1S/C15H18BrNO6/c1-5-22-13(20)8-7-9(11(18)15(3,4)16)12(19)17-10(8)14(21)23-6-2/h7H,5-6H2,1-4H3,(H,17,19). The quantitative estimate of drug-likeness (QED) is 0.455. The molecule has 0 saturated carbocycles. The topological polar surface area (TPSA) is 103 Å². The van der Waals surface area contributed by atoms with Gasteiger partial charge < -0.3 is 14.5 Å². The highest BCUT2D eigenvalue weighted by atomic mass is 79.9. The van der Waals surface area contributed by atoms with E-state index >= 15 is 0 Å². The second-order valence-corrected chi connectivity index (χ2v) is 7.03. The van der Waals surface area contributed by atoms with Crippen molar-refractivity contribution >= 4 is 33.7 Å². The molecule has 0 bridgehead atoms. The van der Waals surface area contributed by atoms with Crippen LogP contribution in [0.5, 0.6) is 0 Å². The van der Waals surface area contributed by atoms with Gasteiger partial charge in [0.25, 0.3) is 5.56 Å². The number of alkyl halides is 1. The van der Waals surface area contributed by atoms with Crippen LogP contribution in [0, 0.1) is 0 Å². The van der Waals surface area contributed by atoms with Crippen LogP contribution in [0.25, 0.3) is 0 Å². The van der Waals surface area contributed by atoms with Gasteiger partial charge in [-0.25, -0.2) is 9.59 Å². The van der Waals surface area contributed by atoms with Crippen LogP contribution in [0.1, 0.15) is 58.9 Å². The highest BCUT2D eigenvalue weighted by Gasteiger charge is 2.30. The molecule has 0 aliphatic carbocycles. The summed E-state index contributed by atoms with van der Waals surface area (Å²) in [6.07, 6.45) is 0. The molecule has 0 atom stereocenters. The molecule has 0 aliphatic heterocycles. The van der Waals surface area contributed by atoms with E-state index in [2.05, 4.69) is 20.9 Å². The number of carbonyl (C=O) groups excluding carboxylic acids is 3. The first-order valence-electron chi connectivity index (χ1n) is 6.98. The molecule has 0 amide bonds. The first-order chi connectivity index (χ1) is 10.6. The Bertz CT molecular complexity index is 686. The van der Waals surface area contributed by atoms with Crippen LogP contribution in [0.3, 0.4) is 0 Å². The lowest BCUT2D eigenvalue weighted by Gasteiger charge is -2.15. The van der Waals surface area contributed by atoms with E-state index in [1.165, 1.54) is 0 Å². The minimum Gasteiger partial charge on any atom is -0.462 e. The lowest BCUT2D eigenvalue weighted by molar-refractivity contribution is 0.0472. The number of halogens is 1. The second-order valence-electron chi connectivity index (χ2n) is 5.04. The fourth-order valence-corrected chi connectivity index (χ4v) is 1.97. The van der Waals surface area contributed by atoms with E-state index in [0.717, 1.165) is 6.07 Å². The third-order valence-electron chi connectivity index (χ3n) is 2.80. The van der Waals surface area contributed by atoms with Crippen molar-refractivity contribution in [1.29, 1.82) is 0 Å². The van der Waals surface area contributed by atoms with E-state index in [9.17, 15) is 19.2 Å². The van der Waals surface area contributed by atoms with Crippen LogP contribution < -0.4 is 5.56 Å². The molecule has 1 aromatic rings. The normalized spacial score (nSPS) is 11.0. The molecule has 7 nitrogen and oxygen atoms in total. The van der Waals surface area contributed by atoms with Gasteiger partial charge in [-0.1, -0.05) is 15.9 Å². The van der Waals surface area contributed by atoms with Gasteiger partial charge in [0.05, 0.1) is 28.7 Å². The summed E-state index contributed by atoms with van der Waals surface area (Å²) < 4.78 is 8.67. The first-order valence-corrected chi connectivity index (χ1v) is 7.78. The fourth-order valence-electron chi connectivity index (χ4n) is 1.75. The average Bonchev–Trinajstić information content (AvgIpc) is 2.45. The van der Waals surface area contributed by atoms with Crippen LogP contribution in [-0.2, 0) is 9.47 Å². The van der Waals surface area contributed by atoms with Gasteiger partial charge in [0, 0.05) is 0 Å². The van der Waals surface area contributed by atoms with Crippen molar-refractivity contribution in [3.8, 4) is 0 Å². The molecule has 1 rings (SSSR count). The van der Waals surface area contributed by atoms with Crippen LogP contribution in [0.15, 0.2) is 10.9 Å². The van der Waals surface area contributed by atoms with Gasteiger partial charge in [-0.15, -0.1) is 0 Å². The van der Waals surface area contributed by atoms with E-state index < -0.39 is 27.6 Å². The Kier molecular flexibility index (Phi) is 6.26. The molecule has 0 radical (unpaired) electrons. The summed E-state index contributed by atoms with van der Waals surface area (Å²) in [5.41, 5.74) is -1.58. The lowest BCUT2D eigenvalue weighted by Crippen LogP contribution is -2.32. The van der Waals surface area contributed by atoms with Gasteiger partial charge in [0.15, 0.2) is 5.78 Å². The first kappa shape index (κ1) is 19.1. The Hall–Kier alpha value is -1.96. The number of hydrogen-bond acceptors (Lipinski definition) is 6. The van der Waals surface area contributed by atoms with Crippen LogP contribution in [0.4, 0.5) is 0 Å². The fraction of sp³-hybridized carbons (Fsp3) is 0.467. The summed E-state index contributed by atoms with van der Waals surface area (Å²) in [6.45, 7) is 6.47. The molecule has 0 unspecified atom stereocenters. The molecular formula is C15H18BrNO6. The molecule has 23 heavy (non-hydrogen) atoms. The number of H-pyrrole nitrogens is 1. The maximum Gasteiger partial charge on any atom is 0.355 e. The largest absolute Gasteiger partial charge is 0.462 e. The number of nitrogens with one attached hydrogen (secondary N) is 1. The van der Waals surface area contributed by atoms with Crippen LogP contribution in [0.2, 0.25) is 0 Å². The molecule has 1 N–H and O–H groups in total. The number of ketones is 1. The predicted molar refractivity (Wildman–Crippen MR) is 86.3 cm³/mol. The second kappa shape index (κ2) is 7.54. The number of esters is 2. The van der Waals surface area contributed by atoms with Crippen LogP contribution >= 0.6 is 15.9 Å². The zero-order valence-electron chi connectivity index (χ0n) is 13.3. The molecular weight excluding hydrogens is 370 g/mol. The van der Waals surface area contributed by atoms with E-state index in [4.69, 9.17) is 9.47 Å². The molecule has 0 aromatic carbocycles. The molecule has 1 aromatic heterocycles. The van der Waals surface area contributed by atoms with Crippen molar-refractivity contribution in [2.45, 2.75) is 32.0 Å². The number of aromatic nitrogens is 1. The van der Waals surface area contributed by atoms with Crippen molar-refractivity contribution in [2.24, 2.45) is 0 Å². The number of aromatic amines is 1. The Morgan fingerprint density at radius 2 is 1.61 bits per heavy atom. The van der Waals surface area contributed by atoms with Gasteiger partial charge in [0.1, 0.15) is 5.69 Å². The summed E-state index contributed by atoms with van der Waals surface area (Å²) in [5, 5.41) is 0. The van der Waals surface area contributed by atoms with Gasteiger partial charge >= 0.3 is 11.9 Å². The van der Waals surface area contributed by atoms with Crippen molar-refractivity contribution < 1.29 is 23.9 Å².